The second kappa shape index (κ2) is 18.0. The lowest BCUT2D eigenvalue weighted by Gasteiger charge is -2.32. The molecule has 1 aliphatic rings. The summed E-state index contributed by atoms with van der Waals surface area (Å²) < 4.78 is 0. The molecule has 0 saturated carbocycles. The van der Waals surface area contributed by atoms with Crippen molar-refractivity contribution < 1.29 is 24.0 Å². The van der Waals surface area contributed by atoms with Crippen LogP contribution in [0, 0.1) is 11.8 Å². The van der Waals surface area contributed by atoms with Crippen molar-refractivity contribution in [3.05, 3.63) is 48.3 Å². The molecule has 2 rings (SSSR count). The van der Waals surface area contributed by atoms with Crippen molar-refractivity contribution in [1.82, 2.24) is 26.6 Å². The van der Waals surface area contributed by atoms with Crippen LogP contribution in [0.5, 0.6) is 0 Å². The standard InChI is InChI=1S/C33H52N6O5/c1-6-26-31(43)38-28(24-15-10-9-11-16-24)32(44)36-19-13-8-7-12-18-33(5,39-29(41)22(2)3)27(40)21-25(30(42)37-26)17-14-20-35-23(4)34/h9-11,15-16,22,25-26,28,35H,4,6-8,12-14,17-21,34H2,1-3,5H3,(H,36,44)(H,37,42)(H,38,43)(H,39,41)/t25-,26+,28?,33-/m0/s1. The van der Waals surface area contributed by atoms with Gasteiger partial charge in [-0.1, -0.05) is 76.9 Å². The Morgan fingerprint density at radius 3 is 2.34 bits per heavy atom. The number of amides is 4. The number of nitrogens with two attached hydrogens (primary N) is 1. The van der Waals surface area contributed by atoms with E-state index in [9.17, 15) is 24.0 Å². The van der Waals surface area contributed by atoms with Gasteiger partial charge in [0.25, 0.3) is 0 Å². The summed E-state index contributed by atoms with van der Waals surface area (Å²) in [5, 5.41) is 14.5. The summed E-state index contributed by atoms with van der Waals surface area (Å²) in [5.41, 5.74) is 5.11. The third kappa shape index (κ3) is 11.7. The van der Waals surface area contributed by atoms with Gasteiger partial charge in [0.05, 0.1) is 11.4 Å². The van der Waals surface area contributed by atoms with Crippen molar-refractivity contribution in [3.63, 3.8) is 0 Å². The molecule has 4 amide bonds. The summed E-state index contributed by atoms with van der Waals surface area (Å²) in [6.45, 7) is 11.5. The summed E-state index contributed by atoms with van der Waals surface area (Å²) in [7, 11) is 0. The molecule has 0 spiro atoms. The molecule has 1 aromatic rings. The van der Waals surface area contributed by atoms with Crippen LogP contribution in [0.2, 0.25) is 0 Å². The van der Waals surface area contributed by atoms with E-state index in [1.807, 2.05) is 6.07 Å². The molecular formula is C33H52N6O5. The van der Waals surface area contributed by atoms with Crippen LogP contribution in [0.15, 0.2) is 42.7 Å². The Balaban J connectivity index is 2.38. The Morgan fingerprint density at radius 2 is 1.70 bits per heavy atom. The summed E-state index contributed by atoms with van der Waals surface area (Å²) in [5.74, 6) is -2.47. The van der Waals surface area contributed by atoms with Crippen molar-refractivity contribution in [3.8, 4) is 0 Å². The summed E-state index contributed by atoms with van der Waals surface area (Å²) in [6, 6.07) is 7.13. The lowest BCUT2D eigenvalue weighted by molar-refractivity contribution is -0.137. The molecule has 0 aromatic heterocycles. The molecule has 11 heteroatoms. The first-order valence-corrected chi connectivity index (χ1v) is 15.8. The molecular weight excluding hydrogens is 560 g/mol. The highest BCUT2D eigenvalue weighted by atomic mass is 16.2. The Bertz CT molecular complexity index is 1140. The minimum atomic E-state index is -1.15. The van der Waals surface area contributed by atoms with Gasteiger partial charge >= 0.3 is 0 Å². The zero-order valence-electron chi connectivity index (χ0n) is 26.8. The summed E-state index contributed by atoms with van der Waals surface area (Å²) >= 11 is 0. The van der Waals surface area contributed by atoms with Crippen molar-refractivity contribution in [2.24, 2.45) is 17.6 Å². The van der Waals surface area contributed by atoms with Crippen LogP contribution < -0.4 is 32.3 Å². The van der Waals surface area contributed by atoms with Crippen molar-refractivity contribution in [2.75, 3.05) is 13.1 Å². The largest absolute Gasteiger partial charge is 0.386 e. The highest BCUT2D eigenvalue weighted by molar-refractivity contribution is 5.97. The molecule has 1 aliphatic heterocycles. The molecule has 7 N–H and O–H groups in total. The fourth-order valence-corrected chi connectivity index (χ4v) is 5.16. The van der Waals surface area contributed by atoms with Gasteiger partial charge in [-0.2, -0.15) is 0 Å². The number of carbonyl (C=O) groups excluding carboxylic acids is 5. The van der Waals surface area contributed by atoms with E-state index in [2.05, 4.69) is 33.2 Å². The first-order chi connectivity index (χ1) is 20.9. The van der Waals surface area contributed by atoms with Gasteiger partial charge in [-0.25, -0.2) is 0 Å². The molecule has 44 heavy (non-hydrogen) atoms. The van der Waals surface area contributed by atoms with E-state index in [4.69, 9.17) is 5.73 Å². The van der Waals surface area contributed by atoms with Crippen LogP contribution in [0.3, 0.4) is 0 Å². The van der Waals surface area contributed by atoms with Gasteiger partial charge in [-0.15, -0.1) is 0 Å². The average molecular weight is 613 g/mol. The number of hydrogen-bond donors (Lipinski definition) is 6. The van der Waals surface area contributed by atoms with Crippen molar-refractivity contribution >= 4 is 29.4 Å². The topological polar surface area (TPSA) is 172 Å². The van der Waals surface area contributed by atoms with E-state index >= 15 is 0 Å². The minimum absolute atomic E-state index is 0.0998. The maximum atomic E-state index is 13.9. The molecule has 1 saturated heterocycles. The fourth-order valence-electron chi connectivity index (χ4n) is 5.16. The Hall–Kier alpha value is -3.89. The molecule has 1 aromatic carbocycles. The third-order valence-electron chi connectivity index (χ3n) is 8.05. The van der Waals surface area contributed by atoms with Gasteiger partial charge in [0.15, 0.2) is 5.78 Å². The Labute approximate surface area is 261 Å². The highest BCUT2D eigenvalue weighted by Gasteiger charge is 2.38. The van der Waals surface area contributed by atoms with E-state index in [1.165, 1.54) is 0 Å². The number of rotatable bonds is 9. The maximum absolute atomic E-state index is 13.9. The number of Topliss-reactive ketones (excluding diaryl/α,β-unsaturated/α-hetero) is 1. The van der Waals surface area contributed by atoms with E-state index in [-0.39, 0.29) is 36.4 Å². The van der Waals surface area contributed by atoms with Gasteiger partial charge in [-0.3, -0.25) is 24.0 Å². The highest BCUT2D eigenvalue weighted by Crippen LogP contribution is 2.24. The first-order valence-electron chi connectivity index (χ1n) is 15.8. The summed E-state index contributed by atoms with van der Waals surface area (Å²) in [6.07, 6.45) is 4.50. The van der Waals surface area contributed by atoms with E-state index in [0.29, 0.717) is 50.2 Å². The monoisotopic (exact) mass is 612 g/mol. The minimum Gasteiger partial charge on any atom is -0.386 e. The van der Waals surface area contributed by atoms with Gasteiger partial charge in [0.2, 0.25) is 23.6 Å². The molecule has 1 fully saturated rings. The van der Waals surface area contributed by atoms with Crippen LogP contribution in [-0.2, 0) is 24.0 Å². The first kappa shape index (κ1) is 36.3. The maximum Gasteiger partial charge on any atom is 0.247 e. The van der Waals surface area contributed by atoms with Crippen LogP contribution in [0.25, 0.3) is 0 Å². The number of nitrogens with one attached hydrogen (secondary N) is 5. The molecule has 11 nitrogen and oxygen atoms in total. The number of ketones is 1. The SMILES string of the molecule is C=C(N)NCCC[C@H]1CC(=O)[C@@](C)(NC(=O)C(C)C)CCCCCCNC(=O)C(c2ccccc2)NC(=O)[C@@H](CC)NC1=O. The third-order valence-corrected chi connectivity index (χ3v) is 8.05. The number of hydrogen-bond acceptors (Lipinski definition) is 7. The fraction of sp³-hybridized carbons (Fsp3) is 0.606. The van der Waals surface area contributed by atoms with Crippen LogP contribution in [-0.4, -0.2) is 54.1 Å². The second-order valence-corrected chi connectivity index (χ2v) is 12.2. The lowest BCUT2D eigenvalue weighted by atomic mass is 9.82. The number of carbonyl (C=O) groups is 5. The lowest BCUT2D eigenvalue weighted by Crippen LogP contribution is -2.55. The van der Waals surface area contributed by atoms with Crippen LogP contribution in [0.1, 0.15) is 97.1 Å². The van der Waals surface area contributed by atoms with Gasteiger partial charge < -0.3 is 32.3 Å². The second-order valence-electron chi connectivity index (χ2n) is 12.2. The number of benzene rings is 1. The zero-order chi connectivity index (χ0) is 32.7. The molecule has 4 atom stereocenters. The smallest absolute Gasteiger partial charge is 0.247 e. The predicted octanol–water partition coefficient (Wildman–Crippen LogP) is 2.73. The molecule has 1 heterocycles. The summed E-state index contributed by atoms with van der Waals surface area (Å²) in [4.78, 5) is 67.0. The van der Waals surface area contributed by atoms with Gasteiger partial charge in [0.1, 0.15) is 12.1 Å². The van der Waals surface area contributed by atoms with Crippen LogP contribution >= 0.6 is 0 Å². The van der Waals surface area contributed by atoms with Gasteiger partial charge in [-0.05, 0) is 44.6 Å². The van der Waals surface area contributed by atoms with E-state index in [1.54, 1.807) is 52.0 Å². The molecule has 1 unspecified atom stereocenters. The molecule has 0 bridgehead atoms. The quantitative estimate of drug-likeness (QED) is 0.233. The molecule has 0 aliphatic carbocycles. The average Bonchev–Trinajstić information content (AvgIpc) is 2.98. The van der Waals surface area contributed by atoms with Gasteiger partial charge in [0, 0.05) is 31.3 Å². The zero-order valence-corrected chi connectivity index (χ0v) is 26.8. The van der Waals surface area contributed by atoms with Crippen molar-refractivity contribution in [1.29, 1.82) is 0 Å². The van der Waals surface area contributed by atoms with Crippen LogP contribution in [0.4, 0.5) is 0 Å². The normalized spacial score (nSPS) is 24.7. The Kier molecular flexibility index (Phi) is 14.9. The van der Waals surface area contributed by atoms with E-state index < -0.39 is 35.4 Å². The predicted molar refractivity (Wildman–Crippen MR) is 171 cm³/mol. The molecule has 244 valence electrons. The van der Waals surface area contributed by atoms with Crippen molar-refractivity contribution in [2.45, 2.75) is 103 Å². The molecule has 0 radical (unpaired) electrons. The van der Waals surface area contributed by atoms with E-state index in [0.717, 1.165) is 19.3 Å². The Morgan fingerprint density at radius 1 is 1.02 bits per heavy atom.